The van der Waals surface area contributed by atoms with Gasteiger partial charge < -0.3 is 10.5 Å². The van der Waals surface area contributed by atoms with E-state index in [1.54, 1.807) is 0 Å². The van der Waals surface area contributed by atoms with Crippen molar-refractivity contribution in [3.63, 3.8) is 0 Å². The molecule has 1 saturated heterocycles. The summed E-state index contributed by atoms with van der Waals surface area (Å²) >= 11 is 0. The van der Waals surface area contributed by atoms with Gasteiger partial charge in [0.05, 0.1) is 17.9 Å². The fourth-order valence-corrected chi connectivity index (χ4v) is 2.27. The van der Waals surface area contributed by atoms with Crippen LogP contribution < -0.4 is 5.73 Å². The van der Waals surface area contributed by atoms with Gasteiger partial charge in [-0.25, -0.2) is 4.39 Å². The van der Waals surface area contributed by atoms with Crippen LogP contribution in [0.25, 0.3) is 0 Å². The largest absolute Gasteiger partial charge is 0.380 e. The summed E-state index contributed by atoms with van der Waals surface area (Å²) in [5.74, 6) is -0.313. The lowest BCUT2D eigenvalue weighted by Gasteiger charge is -2.31. The predicted molar refractivity (Wildman–Crippen MR) is 54.9 cm³/mol. The lowest BCUT2D eigenvalue weighted by molar-refractivity contribution is -0.0389. The van der Waals surface area contributed by atoms with Crippen molar-refractivity contribution in [3.05, 3.63) is 11.5 Å². The van der Waals surface area contributed by atoms with Crippen LogP contribution in [0.3, 0.4) is 0 Å². The number of hydrogen-bond donors (Lipinski definition) is 2. The van der Waals surface area contributed by atoms with Gasteiger partial charge in [-0.2, -0.15) is 5.10 Å². The minimum absolute atomic E-state index is 0.0446. The summed E-state index contributed by atoms with van der Waals surface area (Å²) in [5.41, 5.74) is 5.89. The van der Waals surface area contributed by atoms with Crippen LogP contribution in [0.4, 0.5) is 10.2 Å². The Labute approximate surface area is 88.0 Å². The van der Waals surface area contributed by atoms with Gasteiger partial charge in [-0.3, -0.25) is 5.10 Å². The van der Waals surface area contributed by atoms with Crippen LogP contribution in [0, 0.1) is 5.82 Å². The summed E-state index contributed by atoms with van der Waals surface area (Å²) in [6, 6.07) is 0. The molecule has 2 rings (SSSR count). The Hall–Kier alpha value is -1.10. The minimum Gasteiger partial charge on any atom is -0.380 e. The smallest absolute Gasteiger partial charge is 0.188 e. The van der Waals surface area contributed by atoms with Crippen molar-refractivity contribution in [2.24, 2.45) is 0 Å². The second-order valence-corrected chi connectivity index (χ2v) is 4.26. The first-order valence-electron chi connectivity index (χ1n) is 5.22. The van der Waals surface area contributed by atoms with Gasteiger partial charge in [0.1, 0.15) is 0 Å². The summed E-state index contributed by atoms with van der Waals surface area (Å²) in [6.07, 6.45) is 1.93. The Morgan fingerprint density at radius 1 is 1.40 bits per heavy atom. The van der Waals surface area contributed by atoms with E-state index in [0.717, 1.165) is 12.8 Å². The maximum atomic E-state index is 13.5. The number of aromatic nitrogens is 2. The zero-order valence-electron chi connectivity index (χ0n) is 8.96. The molecular weight excluding hydrogens is 197 g/mol. The minimum atomic E-state index is -0.402. The van der Waals surface area contributed by atoms with Gasteiger partial charge in [-0.15, -0.1) is 0 Å². The van der Waals surface area contributed by atoms with Crippen molar-refractivity contribution in [2.75, 3.05) is 5.73 Å². The second kappa shape index (κ2) is 3.81. The highest BCUT2D eigenvalue weighted by Crippen LogP contribution is 2.34. The van der Waals surface area contributed by atoms with E-state index in [-0.39, 0.29) is 23.9 Å². The van der Waals surface area contributed by atoms with Gasteiger partial charge in [0.25, 0.3) is 0 Å². The molecule has 1 fully saturated rings. The summed E-state index contributed by atoms with van der Waals surface area (Å²) in [7, 11) is 0. The SMILES string of the molecule is CC1CC(c2[nH]nc(N)c2F)CC(C)O1. The van der Waals surface area contributed by atoms with Crippen molar-refractivity contribution in [1.29, 1.82) is 0 Å². The number of aromatic amines is 1. The zero-order chi connectivity index (χ0) is 11.0. The van der Waals surface area contributed by atoms with Gasteiger partial charge in [0, 0.05) is 5.92 Å². The summed E-state index contributed by atoms with van der Waals surface area (Å²) in [6.45, 7) is 4.00. The van der Waals surface area contributed by atoms with Gasteiger partial charge >= 0.3 is 0 Å². The van der Waals surface area contributed by atoms with E-state index in [4.69, 9.17) is 10.5 Å². The third kappa shape index (κ3) is 1.97. The number of anilines is 1. The maximum Gasteiger partial charge on any atom is 0.188 e. The molecular formula is C10H16FN3O. The van der Waals surface area contributed by atoms with Crippen molar-refractivity contribution in [3.8, 4) is 0 Å². The average Bonchev–Trinajstić information content (AvgIpc) is 2.46. The van der Waals surface area contributed by atoms with Crippen LogP contribution in [0.2, 0.25) is 0 Å². The Balaban J connectivity index is 2.20. The maximum absolute atomic E-state index is 13.5. The molecule has 0 radical (unpaired) electrons. The van der Waals surface area contributed by atoms with E-state index in [0.29, 0.717) is 5.69 Å². The highest BCUT2D eigenvalue weighted by Gasteiger charge is 2.29. The van der Waals surface area contributed by atoms with E-state index in [2.05, 4.69) is 10.2 Å². The Kier molecular flexibility index (Phi) is 2.65. The van der Waals surface area contributed by atoms with E-state index in [1.165, 1.54) is 0 Å². The molecule has 0 saturated carbocycles. The highest BCUT2D eigenvalue weighted by atomic mass is 19.1. The van der Waals surface area contributed by atoms with Gasteiger partial charge in [0.15, 0.2) is 11.6 Å². The number of hydrogen-bond acceptors (Lipinski definition) is 3. The first-order chi connectivity index (χ1) is 7.08. The van der Waals surface area contributed by atoms with Crippen molar-refractivity contribution < 1.29 is 9.13 Å². The molecule has 0 aliphatic carbocycles. The molecule has 4 nitrogen and oxygen atoms in total. The first-order valence-corrected chi connectivity index (χ1v) is 5.22. The van der Waals surface area contributed by atoms with Crippen LogP contribution in [0.1, 0.15) is 38.3 Å². The molecule has 2 atom stereocenters. The molecule has 3 N–H and O–H groups in total. The third-order valence-electron chi connectivity index (χ3n) is 2.86. The van der Waals surface area contributed by atoms with Gasteiger partial charge in [0.2, 0.25) is 0 Å². The number of ether oxygens (including phenoxy) is 1. The van der Waals surface area contributed by atoms with Gasteiger partial charge in [-0.05, 0) is 26.7 Å². The Bertz CT molecular complexity index is 342. The van der Waals surface area contributed by atoms with Gasteiger partial charge in [-0.1, -0.05) is 0 Å². The van der Waals surface area contributed by atoms with Crippen molar-refractivity contribution >= 4 is 5.82 Å². The number of H-pyrrole nitrogens is 1. The monoisotopic (exact) mass is 213 g/mol. The zero-order valence-corrected chi connectivity index (χ0v) is 8.96. The molecule has 2 heterocycles. The molecule has 1 aliphatic rings. The Morgan fingerprint density at radius 3 is 2.47 bits per heavy atom. The standard InChI is InChI=1S/C10H16FN3O/c1-5-3-7(4-6(2)15-5)9-8(11)10(12)14-13-9/h5-7H,3-4H2,1-2H3,(H3,12,13,14). The lowest BCUT2D eigenvalue weighted by atomic mass is 9.90. The predicted octanol–water partition coefficient (Wildman–Crippen LogP) is 1.80. The van der Waals surface area contributed by atoms with E-state index < -0.39 is 5.82 Å². The molecule has 0 spiro atoms. The molecule has 2 unspecified atom stereocenters. The third-order valence-corrected chi connectivity index (χ3v) is 2.86. The average molecular weight is 213 g/mol. The molecule has 0 amide bonds. The summed E-state index contributed by atoms with van der Waals surface area (Å²) in [5, 5.41) is 6.36. The van der Waals surface area contributed by atoms with Crippen LogP contribution in [0.15, 0.2) is 0 Å². The van der Waals surface area contributed by atoms with Crippen molar-refractivity contribution in [2.45, 2.75) is 44.8 Å². The highest BCUT2D eigenvalue weighted by molar-refractivity contribution is 5.33. The molecule has 84 valence electrons. The van der Waals surface area contributed by atoms with E-state index in [1.807, 2.05) is 13.8 Å². The quantitative estimate of drug-likeness (QED) is 0.747. The van der Waals surface area contributed by atoms with Crippen LogP contribution in [-0.4, -0.2) is 22.4 Å². The molecule has 0 bridgehead atoms. The molecule has 1 aliphatic heterocycles. The normalized spacial score (nSPS) is 31.8. The van der Waals surface area contributed by atoms with Crippen molar-refractivity contribution in [1.82, 2.24) is 10.2 Å². The fraction of sp³-hybridized carbons (Fsp3) is 0.700. The first kappa shape index (κ1) is 10.4. The number of rotatable bonds is 1. The van der Waals surface area contributed by atoms with Crippen LogP contribution in [-0.2, 0) is 4.74 Å². The number of nitrogens with one attached hydrogen (secondary N) is 1. The topological polar surface area (TPSA) is 63.9 Å². The fourth-order valence-electron chi connectivity index (χ4n) is 2.27. The Morgan fingerprint density at radius 2 is 2.00 bits per heavy atom. The van der Waals surface area contributed by atoms with E-state index in [9.17, 15) is 4.39 Å². The second-order valence-electron chi connectivity index (χ2n) is 4.26. The molecule has 0 aromatic carbocycles. The molecule has 1 aromatic heterocycles. The number of halogens is 1. The van der Waals surface area contributed by atoms with E-state index >= 15 is 0 Å². The molecule has 5 heteroatoms. The number of nitrogen functional groups attached to an aromatic ring is 1. The molecule has 1 aromatic rings. The number of nitrogens with two attached hydrogens (primary N) is 1. The van der Waals surface area contributed by atoms with Crippen LogP contribution in [0.5, 0.6) is 0 Å². The molecule has 15 heavy (non-hydrogen) atoms. The summed E-state index contributed by atoms with van der Waals surface area (Å²) < 4.78 is 19.1. The van der Waals surface area contributed by atoms with Crippen LogP contribution >= 0.6 is 0 Å². The summed E-state index contributed by atoms with van der Waals surface area (Å²) in [4.78, 5) is 0. The lowest BCUT2D eigenvalue weighted by Crippen LogP contribution is -2.28. The number of nitrogens with zero attached hydrogens (tertiary/aromatic N) is 1.